The van der Waals surface area contributed by atoms with E-state index >= 15 is 0 Å². The first-order chi connectivity index (χ1) is 14.2. The van der Waals surface area contributed by atoms with Gasteiger partial charge in [-0.1, -0.05) is 6.07 Å². The standard InChI is InChI=1S/C21H22N6O3/c1-21(2)17(22)16(11-24-21)18(23)26-20(29)13-4-3-5-15(10-13)25-19(28)12-6-8-14(27-30)9-7-12/h3-10,24H,11,22H2,1-2H3,(H,25,28)(H2,23,26,29). The Balaban J connectivity index is 1.76. The Labute approximate surface area is 173 Å². The van der Waals surface area contributed by atoms with E-state index in [9.17, 15) is 14.5 Å². The van der Waals surface area contributed by atoms with Crippen LogP contribution in [0.5, 0.6) is 0 Å². The average Bonchev–Trinajstić information content (AvgIpc) is 3.01. The molecule has 0 spiro atoms. The summed E-state index contributed by atoms with van der Waals surface area (Å²) in [6, 6.07) is 12.2. The molecule has 2 aromatic rings. The largest absolute Gasteiger partial charge is 0.400 e. The number of nitrogens with one attached hydrogen (secondary N) is 2. The molecular weight excluding hydrogens is 384 g/mol. The van der Waals surface area contributed by atoms with Crippen molar-refractivity contribution in [1.82, 2.24) is 5.32 Å². The van der Waals surface area contributed by atoms with Crippen molar-refractivity contribution in [2.24, 2.45) is 21.6 Å². The molecule has 3 rings (SSSR count). The van der Waals surface area contributed by atoms with E-state index in [1.54, 1.807) is 18.2 Å². The third-order valence-electron chi connectivity index (χ3n) is 4.84. The molecule has 0 saturated heterocycles. The third-order valence-corrected chi connectivity index (χ3v) is 4.84. The Kier molecular flexibility index (Phi) is 5.74. The molecule has 1 aliphatic heterocycles. The van der Waals surface area contributed by atoms with Crippen LogP contribution in [0, 0.1) is 4.91 Å². The molecule has 0 aromatic heterocycles. The summed E-state index contributed by atoms with van der Waals surface area (Å²) in [4.78, 5) is 39.4. The quantitative estimate of drug-likeness (QED) is 0.340. The summed E-state index contributed by atoms with van der Waals surface area (Å²) in [6.45, 7) is 4.26. The minimum Gasteiger partial charge on any atom is -0.400 e. The van der Waals surface area contributed by atoms with Crippen LogP contribution in [-0.2, 0) is 0 Å². The molecule has 30 heavy (non-hydrogen) atoms. The van der Waals surface area contributed by atoms with E-state index in [0.29, 0.717) is 29.1 Å². The molecule has 0 bridgehead atoms. The van der Waals surface area contributed by atoms with Crippen LogP contribution < -0.4 is 22.1 Å². The number of nitroso groups, excluding NO2 is 1. The smallest absolute Gasteiger partial charge is 0.279 e. The van der Waals surface area contributed by atoms with Crippen molar-refractivity contribution in [2.75, 3.05) is 11.9 Å². The Bertz CT molecular complexity index is 1070. The Morgan fingerprint density at radius 3 is 2.40 bits per heavy atom. The van der Waals surface area contributed by atoms with Gasteiger partial charge < -0.3 is 22.1 Å². The first-order valence-electron chi connectivity index (χ1n) is 9.19. The number of amidine groups is 1. The number of carbonyl (C=O) groups is 2. The lowest BCUT2D eigenvalue weighted by molar-refractivity contribution is 0.0998. The first kappa shape index (κ1) is 20.9. The van der Waals surface area contributed by atoms with Gasteiger partial charge >= 0.3 is 0 Å². The van der Waals surface area contributed by atoms with Gasteiger partial charge in [0.15, 0.2) is 0 Å². The van der Waals surface area contributed by atoms with Crippen LogP contribution in [0.3, 0.4) is 0 Å². The van der Waals surface area contributed by atoms with Crippen LogP contribution in [-0.4, -0.2) is 29.7 Å². The normalized spacial score (nSPS) is 15.7. The summed E-state index contributed by atoms with van der Waals surface area (Å²) in [6.07, 6.45) is 0. The highest BCUT2D eigenvalue weighted by atomic mass is 16.3. The van der Waals surface area contributed by atoms with Crippen molar-refractivity contribution < 1.29 is 9.59 Å². The van der Waals surface area contributed by atoms with Gasteiger partial charge in [0.2, 0.25) is 0 Å². The predicted octanol–water partition coefficient (Wildman–Crippen LogP) is 2.43. The topological polar surface area (TPSA) is 152 Å². The second kappa shape index (κ2) is 8.26. The number of rotatable bonds is 5. The summed E-state index contributed by atoms with van der Waals surface area (Å²) < 4.78 is 0. The van der Waals surface area contributed by atoms with Crippen LogP contribution in [0.15, 0.2) is 70.0 Å². The van der Waals surface area contributed by atoms with Gasteiger partial charge in [-0.25, -0.2) is 0 Å². The number of benzene rings is 2. The monoisotopic (exact) mass is 406 g/mol. The highest BCUT2D eigenvalue weighted by Crippen LogP contribution is 2.22. The molecule has 0 fully saturated rings. The lowest BCUT2D eigenvalue weighted by atomic mass is 10.0. The molecule has 6 N–H and O–H groups in total. The molecule has 2 aromatic carbocycles. The van der Waals surface area contributed by atoms with E-state index in [-0.39, 0.29) is 17.1 Å². The Morgan fingerprint density at radius 2 is 1.80 bits per heavy atom. The highest BCUT2D eigenvalue weighted by molar-refractivity contribution is 6.10. The van der Waals surface area contributed by atoms with Crippen LogP contribution in [0.2, 0.25) is 0 Å². The fourth-order valence-corrected chi connectivity index (χ4v) is 2.95. The maximum Gasteiger partial charge on any atom is 0.279 e. The van der Waals surface area contributed by atoms with E-state index in [4.69, 9.17) is 11.5 Å². The van der Waals surface area contributed by atoms with Crippen molar-refractivity contribution >= 4 is 29.0 Å². The molecule has 0 radical (unpaired) electrons. The predicted molar refractivity (Wildman–Crippen MR) is 116 cm³/mol. The lowest BCUT2D eigenvalue weighted by Crippen LogP contribution is -2.38. The van der Waals surface area contributed by atoms with Gasteiger partial charge in [-0.05, 0) is 61.5 Å². The molecule has 1 heterocycles. The van der Waals surface area contributed by atoms with E-state index in [2.05, 4.69) is 20.8 Å². The lowest BCUT2D eigenvalue weighted by Gasteiger charge is -2.19. The van der Waals surface area contributed by atoms with E-state index < -0.39 is 17.4 Å². The number of hydrogen-bond donors (Lipinski definition) is 4. The molecule has 2 amide bonds. The summed E-state index contributed by atoms with van der Waals surface area (Å²) in [5, 5.41) is 8.69. The average molecular weight is 406 g/mol. The Morgan fingerprint density at radius 1 is 1.10 bits per heavy atom. The fraction of sp³-hybridized carbons (Fsp3) is 0.190. The van der Waals surface area contributed by atoms with E-state index in [1.165, 1.54) is 30.3 Å². The van der Waals surface area contributed by atoms with Crippen molar-refractivity contribution in [3.8, 4) is 0 Å². The van der Waals surface area contributed by atoms with Crippen molar-refractivity contribution in [3.05, 3.63) is 75.8 Å². The molecule has 9 heteroatoms. The molecule has 9 nitrogen and oxygen atoms in total. The molecule has 0 atom stereocenters. The first-order valence-corrected chi connectivity index (χ1v) is 9.19. The number of nitrogens with two attached hydrogens (primary N) is 2. The number of aliphatic imine (C=N–C) groups is 1. The zero-order chi connectivity index (χ0) is 21.9. The molecule has 0 saturated carbocycles. The van der Waals surface area contributed by atoms with Crippen LogP contribution in [0.25, 0.3) is 0 Å². The third kappa shape index (κ3) is 4.41. The number of carbonyl (C=O) groups excluding carboxylic acids is 2. The number of amides is 2. The van der Waals surface area contributed by atoms with Gasteiger partial charge in [0.25, 0.3) is 11.8 Å². The second-order valence-electron chi connectivity index (χ2n) is 7.35. The molecule has 0 aliphatic carbocycles. The maximum absolute atomic E-state index is 12.6. The van der Waals surface area contributed by atoms with Gasteiger partial charge in [0.05, 0.1) is 5.54 Å². The Hall–Kier alpha value is -3.85. The summed E-state index contributed by atoms with van der Waals surface area (Å²) in [5.41, 5.74) is 14.1. The van der Waals surface area contributed by atoms with Gasteiger partial charge in [-0.2, -0.15) is 4.99 Å². The zero-order valence-electron chi connectivity index (χ0n) is 16.6. The van der Waals surface area contributed by atoms with Crippen LogP contribution in [0.1, 0.15) is 34.6 Å². The summed E-state index contributed by atoms with van der Waals surface area (Å²) in [5.74, 6) is -0.874. The number of anilines is 1. The SMILES string of the molecule is CC1(C)NCC(C(N)=NC(=O)c2cccc(NC(=O)c3ccc(N=O)cc3)c2)=C1N. The van der Waals surface area contributed by atoms with Crippen molar-refractivity contribution in [3.63, 3.8) is 0 Å². The molecular formula is C21H22N6O3. The molecule has 154 valence electrons. The van der Waals surface area contributed by atoms with Crippen LogP contribution in [0.4, 0.5) is 11.4 Å². The van der Waals surface area contributed by atoms with Gasteiger partial charge in [-0.3, -0.25) is 9.59 Å². The fourth-order valence-electron chi connectivity index (χ4n) is 2.95. The second-order valence-corrected chi connectivity index (χ2v) is 7.35. The zero-order valence-corrected chi connectivity index (χ0v) is 16.6. The molecule has 0 unspecified atom stereocenters. The molecule has 1 aliphatic rings. The minimum absolute atomic E-state index is 0.0638. The van der Waals surface area contributed by atoms with Crippen molar-refractivity contribution in [1.29, 1.82) is 0 Å². The van der Waals surface area contributed by atoms with E-state index in [1.807, 2.05) is 13.8 Å². The van der Waals surface area contributed by atoms with Gasteiger partial charge in [0.1, 0.15) is 11.5 Å². The van der Waals surface area contributed by atoms with E-state index in [0.717, 1.165) is 0 Å². The van der Waals surface area contributed by atoms with Gasteiger partial charge in [-0.15, -0.1) is 4.91 Å². The van der Waals surface area contributed by atoms with Gasteiger partial charge in [0, 0.05) is 34.6 Å². The maximum atomic E-state index is 12.6. The summed E-state index contributed by atoms with van der Waals surface area (Å²) >= 11 is 0. The number of nitrogens with zero attached hydrogens (tertiary/aromatic N) is 2. The minimum atomic E-state index is -0.546. The van der Waals surface area contributed by atoms with Crippen molar-refractivity contribution in [2.45, 2.75) is 19.4 Å². The summed E-state index contributed by atoms with van der Waals surface area (Å²) in [7, 11) is 0. The highest BCUT2D eigenvalue weighted by Gasteiger charge is 2.31. The number of hydrogen-bond acceptors (Lipinski definition) is 6. The van der Waals surface area contributed by atoms with Crippen LogP contribution >= 0.6 is 0 Å².